The number of carbonyl (C=O) groups excluding carboxylic acids is 1. The predicted molar refractivity (Wildman–Crippen MR) is 28.5 cm³/mol. The Kier molecular flexibility index (Phi) is 1.75. The summed E-state index contributed by atoms with van der Waals surface area (Å²) in [6.07, 6.45) is 0. The van der Waals surface area contributed by atoms with E-state index < -0.39 is 16.7 Å². The fourth-order valence-corrected chi connectivity index (χ4v) is 0.493. The van der Waals surface area contributed by atoms with Gasteiger partial charge in [0, 0.05) is 0 Å². The summed E-state index contributed by atoms with van der Waals surface area (Å²) in [5.41, 5.74) is -1.31. The standard InChI is InChI=1S/C4H5NO6/c1-4(2-9-11-4)3(6)10-5(7)8/h2H2,1H3. The molecule has 7 nitrogen and oxygen atoms in total. The summed E-state index contributed by atoms with van der Waals surface area (Å²) >= 11 is 0. The fraction of sp³-hybridized carbons (Fsp3) is 0.750. The number of rotatable bonds is 2. The van der Waals surface area contributed by atoms with Crippen LogP contribution in [-0.2, 0) is 19.4 Å². The Morgan fingerprint density at radius 3 is 2.64 bits per heavy atom. The number of hydrogen-bond donors (Lipinski definition) is 0. The van der Waals surface area contributed by atoms with Crippen LogP contribution in [0.4, 0.5) is 0 Å². The molecule has 0 amide bonds. The average molecular weight is 163 g/mol. The van der Waals surface area contributed by atoms with Crippen LogP contribution in [-0.4, -0.2) is 23.3 Å². The molecule has 1 heterocycles. The first kappa shape index (κ1) is 7.89. The van der Waals surface area contributed by atoms with Crippen molar-refractivity contribution in [2.45, 2.75) is 12.5 Å². The second kappa shape index (κ2) is 2.44. The number of carbonyl (C=O) groups is 1. The Bertz CT molecular complexity index is 197. The summed E-state index contributed by atoms with van der Waals surface area (Å²) in [5, 5.41) is 8.48. The van der Waals surface area contributed by atoms with Crippen molar-refractivity contribution < 1.29 is 24.5 Å². The lowest BCUT2D eigenvalue weighted by Crippen LogP contribution is -2.52. The van der Waals surface area contributed by atoms with E-state index in [1.165, 1.54) is 6.92 Å². The zero-order valence-electron chi connectivity index (χ0n) is 5.60. The first-order chi connectivity index (χ1) is 5.04. The van der Waals surface area contributed by atoms with E-state index in [-0.39, 0.29) is 6.61 Å². The average Bonchev–Trinajstić information content (AvgIpc) is 1.81. The van der Waals surface area contributed by atoms with Gasteiger partial charge in [-0.3, -0.25) is 4.79 Å². The van der Waals surface area contributed by atoms with Crippen molar-refractivity contribution >= 4 is 5.97 Å². The third kappa shape index (κ3) is 1.44. The van der Waals surface area contributed by atoms with Gasteiger partial charge in [-0.05, 0) is 6.92 Å². The third-order valence-corrected chi connectivity index (χ3v) is 1.17. The summed E-state index contributed by atoms with van der Waals surface area (Å²) in [5.74, 6) is -1.06. The van der Waals surface area contributed by atoms with Gasteiger partial charge < -0.3 is 0 Å². The Labute approximate surface area is 60.9 Å². The lowest BCUT2D eigenvalue weighted by molar-refractivity contribution is -0.733. The van der Waals surface area contributed by atoms with Gasteiger partial charge in [-0.25, -0.2) is 14.6 Å². The van der Waals surface area contributed by atoms with E-state index in [2.05, 4.69) is 14.6 Å². The van der Waals surface area contributed by atoms with E-state index in [9.17, 15) is 14.9 Å². The summed E-state index contributed by atoms with van der Waals surface area (Å²) in [6.45, 7) is 1.31. The van der Waals surface area contributed by atoms with Crippen molar-refractivity contribution in [2.24, 2.45) is 0 Å². The molecule has 0 saturated carbocycles. The molecule has 1 unspecified atom stereocenters. The van der Waals surface area contributed by atoms with Gasteiger partial charge >= 0.3 is 11.1 Å². The lowest BCUT2D eigenvalue weighted by atomic mass is 10.1. The first-order valence-electron chi connectivity index (χ1n) is 2.72. The van der Waals surface area contributed by atoms with Gasteiger partial charge in [0.2, 0.25) is 5.60 Å². The van der Waals surface area contributed by atoms with Crippen molar-refractivity contribution in [1.82, 2.24) is 0 Å². The van der Waals surface area contributed by atoms with Crippen molar-refractivity contribution in [3.8, 4) is 0 Å². The maximum absolute atomic E-state index is 10.7. The Morgan fingerprint density at radius 2 is 2.36 bits per heavy atom. The summed E-state index contributed by atoms with van der Waals surface area (Å²) in [7, 11) is 0. The Hall–Kier alpha value is -1.21. The van der Waals surface area contributed by atoms with Crippen molar-refractivity contribution in [2.75, 3.05) is 6.61 Å². The molecule has 7 heteroatoms. The largest absolute Gasteiger partial charge is 0.340 e. The summed E-state index contributed by atoms with van der Waals surface area (Å²) < 4.78 is 0. The van der Waals surface area contributed by atoms with E-state index in [1.54, 1.807) is 0 Å². The van der Waals surface area contributed by atoms with E-state index in [0.29, 0.717) is 0 Å². The molecule has 11 heavy (non-hydrogen) atoms. The molecule has 0 spiro atoms. The van der Waals surface area contributed by atoms with Gasteiger partial charge in [-0.1, -0.05) is 0 Å². The molecule has 0 aromatic rings. The molecule has 1 fully saturated rings. The highest BCUT2D eigenvalue weighted by Crippen LogP contribution is 2.22. The van der Waals surface area contributed by atoms with Crippen LogP contribution in [0.15, 0.2) is 0 Å². The molecule has 0 aromatic heterocycles. The third-order valence-electron chi connectivity index (χ3n) is 1.17. The highest BCUT2D eigenvalue weighted by molar-refractivity contribution is 5.79. The molecule has 1 saturated heterocycles. The first-order valence-corrected chi connectivity index (χ1v) is 2.72. The SMILES string of the molecule is CC1(C(=O)O[N+](=O)[O-])COO1. The van der Waals surface area contributed by atoms with Crippen LogP contribution < -0.4 is 0 Å². The van der Waals surface area contributed by atoms with Crippen LogP contribution in [0.5, 0.6) is 0 Å². The molecule has 1 rings (SSSR count). The zero-order chi connectivity index (χ0) is 8.48. The van der Waals surface area contributed by atoms with Crippen molar-refractivity contribution in [1.29, 1.82) is 0 Å². The minimum Gasteiger partial charge on any atom is -0.265 e. The molecule has 0 aromatic carbocycles. The molecular weight excluding hydrogens is 158 g/mol. The van der Waals surface area contributed by atoms with Crippen LogP contribution in [0.3, 0.4) is 0 Å². The molecule has 0 N–H and O–H groups in total. The van der Waals surface area contributed by atoms with Crippen molar-refractivity contribution in [3.63, 3.8) is 0 Å². The van der Waals surface area contributed by atoms with E-state index in [0.717, 1.165) is 0 Å². The molecule has 1 aliphatic heterocycles. The Morgan fingerprint density at radius 1 is 1.82 bits per heavy atom. The maximum atomic E-state index is 10.7. The van der Waals surface area contributed by atoms with E-state index in [1.807, 2.05) is 0 Å². The maximum Gasteiger partial charge on any atom is 0.340 e. The van der Waals surface area contributed by atoms with Gasteiger partial charge in [0.05, 0.1) is 0 Å². The summed E-state index contributed by atoms with van der Waals surface area (Å²) in [4.78, 5) is 32.5. The smallest absolute Gasteiger partial charge is 0.265 e. The van der Waals surface area contributed by atoms with E-state index in [4.69, 9.17) is 0 Å². The molecule has 62 valence electrons. The summed E-state index contributed by atoms with van der Waals surface area (Å²) in [6, 6.07) is 0. The van der Waals surface area contributed by atoms with Crippen LogP contribution in [0.1, 0.15) is 6.92 Å². The normalized spacial score (nSPS) is 28.8. The highest BCUT2D eigenvalue weighted by Gasteiger charge is 2.46. The lowest BCUT2D eigenvalue weighted by Gasteiger charge is -2.32. The van der Waals surface area contributed by atoms with Gasteiger partial charge in [-0.15, -0.1) is 10.1 Å². The van der Waals surface area contributed by atoms with Crippen molar-refractivity contribution in [3.05, 3.63) is 10.1 Å². The fourth-order valence-electron chi connectivity index (χ4n) is 0.493. The van der Waals surface area contributed by atoms with Gasteiger partial charge in [0.1, 0.15) is 6.61 Å². The minimum atomic E-state index is -1.31. The van der Waals surface area contributed by atoms with Crippen LogP contribution in [0, 0.1) is 10.1 Å². The second-order valence-corrected chi connectivity index (χ2v) is 2.18. The molecule has 1 aliphatic rings. The number of hydrogen-bond acceptors (Lipinski definition) is 6. The van der Waals surface area contributed by atoms with Gasteiger partial charge in [-0.2, -0.15) is 0 Å². The van der Waals surface area contributed by atoms with Gasteiger partial charge in [0.25, 0.3) is 0 Å². The van der Waals surface area contributed by atoms with Crippen LogP contribution >= 0.6 is 0 Å². The number of nitrogens with zero attached hydrogens (tertiary/aromatic N) is 1. The van der Waals surface area contributed by atoms with Crippen LogP contribution in [0.2, 0.25) is 0 Å². The van der Waals surface area contributed by atoms with E-state index >= 15 is 0 Å². The predicted octanol–water partition coefficient (Wildman–Crippen LogP) is -0.558. The Balaban J connectivity index is 2.47. The second-order valence-electron chi connectivity index (χ2n) is 2.18. The zero-order valence-corrected chi connectivity index (χ0v) is 5.60. The van der Waals surface area contributed by atoms with Gasteiger partial charge in [0.15, 0.2) is 0 Å². The topological polar surface area (TPSA) is 87.9 Å². The minimum absolute atomic E-state index is 0.0281. The molecule has 1 atom stereocenters. The molecule has 0 aliphatic carbocycles. The molecule has 0 radical (unpaired) electrons. The monoisotopic (exact) mass is 163 g/mol. The quantitative estimate of drug-likeness (QED) is 0.308. The molecule has 0 bridgehead atoms. The molecular formula is C4H5NO6. The highest BCUT2D eigenvalue weighted by atomic mass is 17.3. The van der Waals surface area contributed by atoms with Crippen LogP contribution in [0.25, 0.3) is 0 Å².